The molecule has 104 heavy (non-hydrogen) atoms. The molecule has 0 saturated carbocycles. The second-order valence-electron chi connectivity index (χ2n) is 27.1. The van der Waals surface area contributed by atoms with Gasteiger partial charge < -0.3 is 45.5 Å². The number of fused-ring (bicyclic) bond motifs is 3. The number of H-pyrrole nitrogens is 3. The quantitative estimate of drug-likeness (QED) is 0.0221. The Kier molecular flexibility index (Phi) is 37.3. The number of unbranched alkanes of at least 4 members (excludes halogenated alkanes) is 3. The largest absolute Gasteiger partial charge is 0.466 e. The number of ether oxygens (including phenoxy) is 3. The van der Waals surface area contributed by atoms with Crippen molar-refractivity contribution in [2.45, 2.75) is 199 Å². The van der Waals surface area contributed by atoms with Gasteiger partial charge in [-0.05, 0) is 125 Å². The van der Waals surface area contributed by atoms with Gasteiger partial charge in [0.15, 0.2) is 0 Å². The van der Waals surface area contributed by atoms with Crippen molar-refractivity contribution in [3.63, 3.8) is 0 Å². The smallest absolute Gasteiger partial charge is 0.302 e. The zero-order chi connectivity index (χ0) is 76.0. The summed E-state index contributed by atoms with van der Waals surface area (Å²) in [5, 5.41) is 36.1. The number of aromatic amines is 3. The molecule has 0 fully saturated rings. The second-order valence-corrected chi connectivity index (χ2v) is 44.9. The topological polar surface area (TPSA) is 369 Å². The molecule has 26 nitrogen and oxygen atoms in total. The van der Waals surface area contributed by atoms with E-state index in [-0.39, 0.29) is 58.8 Å². The summed E-state index contributed by atoms with van der Waals surface area (Å²) in [5.41, 5.74) is 7.90. The summed E-state index contributed by atoms with van der Waals surface area (Å²) in [4.78, 5) is 94.9. The summed E-state index contributed by atoms with van der Waals surface area (Å²) >= 11 is 5.22. The summed E-state index contributed by atoms with van der Waals surface area (Å²) in [5.74, 6) is 1.37. The van der Waals surface area contributed by atoms with E-state index in [0.29, 0.717) is 54.7 Å². The number of nitrogens with one attached hydrogen (secondary N) is 5. The standard InChI is InChI=1S/C19H23N5O3S.C15H20BrN3O3S.C14H15N5OS.C4H4N2.C4H3N2.C4H8O2.3C4H9.ClH.Sn/c1-10(2)14(23-18(26)27-19(3,4)5)16-22-12-8-13(11-6-7-20-21-9-11)28-15(12)17(25)24-16;1-7(2)10(18-14(21)22-15(3,4)5)12-17-8-6-9(16)23-11(8)13(20)19-12;1-7(2)11(15)13-18-9-5-10(8-3-4-16-17-6-8)21-12(9)14(20)19-13;2*1-2-4-6-5-3-1;1-3-6-4(2)5;3*1-3-4-2;;/h6-10,14H,1-5H3,(H,23,26)(H,22,24,25);6-7,10H,1-5H3,(H,18,21)(H,17,19,20);3-7,11H,15H2,1-2H3,(H,18,19,20);1-4H;1,3-4H;3H2,1-2H3;3*1,3-4H2,2H3;1H;/t14-;10-;11-;;;;;;;;/m000......../s1. The minimum absolute atomic E-state index is 0. The van der Waals surface area contributed by atoms with Crippen molar-refractivity contribution in [2.24, 2.45) is 23.5 Å². The van der Waals surface area contributed by atoms with Crippen molar-refractivity contribution in [1.82, 2.24) is 81.3 Å². The molecule has 10 aromatic rings. The van der Waals surface area contributed by atoms with E-state index in [1.807, 2.05) is 84.1 Å². The number of alkyl carbamates (subject to hydrolysis) is 2. The van der Waals surface area contributed by atoms with Crippen LogP contribution < -0.4 is 36.6 Å². The Labute approximate surface area is 638 Å². The van der Waals surface area contributed by atoms with Crippen molar-refractivity contribution in [2.75, 3.05) is 6.61 Å². The average molecular weight is 1680 g/mol. The number of rotatable bonds is 21. The van der Waals surface area contributed by atoms with Crippen LogP contribution in [-0.2, 0) is 19.0 Å². The summed E-state index contributed by atoms with van der Waals surface area (Å²) in [7, 11) is 0. The van der Waals surface area contributed by atoms with Crippen LogP contribution in [0.2, 0.25) is 13.3 Å². The number of nitrogens with two attached hydrogens (primary N) is 1. The molecule has 32 heteroatoms. The number of carbonyl (C=O) groups is 3. The van der Waals surface area contributed by atoms with Gasteiger partial charge >= 0.3 is 141 Å². The monoisotopic (exact) mass is 1680 g/mol. The van der Waals surface area contributed by atoms with Gasteiger partial charge in [-0.2, -0.15) is 30.6 Å². The van der Waals surface area contributed by atoms with Crippen LogP contribution in [0.1, 0.15) is 192 Å². The Balaban J connectivity index is 0.000000279. The number of hydrogen-bond donors (Lipinski definition) is 6. The number of hydrogen-bond acceptors (Lipinski definition) is 24. The molecule has 10 aromatic heterocycles. The third-order valence-electron chi connectivity index (χ3n) is 15.3. The molecule has 10 rings (SSSR count). The molecule has 10 heterocycles. The van der Waals surface area contributed by atoms with E-state index in [0.717, 1.165) is 24.7 Å². The number of esters is 1. The molecule has 2 amide bonds. The zero-order valence-corrected chi connectivity index (χ0v) is 70.2. The molecule has 0 bridgehead atoms. The molecular formula is C72H101BrClN17O9S3Sn. The normalized spacial score (nSPS) is 12.1. The van der Waals surface area contributed by atoms with Gasteiger partial charge in [0.05, 0.1) is 69.9 Å². The van der Waals surface area contributed by atoms with Crippen LogP contribution >= 0.6 is 62.3 Å². The van der Waals surface area contributed by atoms with Gasteiger partial charge in [-0.25, -0.2) is 24.5 Å². The van der Waals surface area contributed by atoms with Crippen molar-refractivity contribution >= 4 is 133 Å². The van der Waals surface area contributed by atoms with E-state index in [1.54, 1.807) is 95.3 Å². The van der Waals surface area contributed by atoms with Crippen LogP contribution in [0.3, 0.4) is 0 Å². The van der Waals surface area contributed by atoms with Crippen LogP contribution in [0.25, 0.3) is 51.5 Å². The fourth-order valence-electron chi connectivity index (χ4n) is 10.2. The maximum atomic E-state index is 12.6. The molecule has 7 N–H and O–H groups in total. The number of halogens is 2. The first-order chi connectivity index (χ1) is 48.8. The van der Waals surface area contributed by atoms with Crippen LogP contribution in [0.4, 0.5) is 9.59 Å². The number of carbonyl (C=O) groups excluding carboxylic acids is 3. The number of amides is 2. The molecule has 3 atom stereocenters. The SMILES string of the molecule is CC(C)[C@H](N)c1nc2cc(-c3ccnnc3)sc2c(=O)[nH]1.CC(C)[C@H](NC(=O)OC(C)(C)C)c1nc2cc(-c3ccnnc3)sc2c(=O)[nH]1.CC(C)[C@H](NC(=O)OC(C)(C)C)c1nc2cc(Br)sc2c(=O)[nH]1.CCC[CH2][Sn]([CH2]CCC)([CH2]CCC)[c]1ccnnc1.CCOC(C)=O.Cl.c1ccnnc1. The van der Waals surface area contributed by atoms with E-state index >= 15 is 0 Å². The minimum Gasteiger partial charge on any atom is -0.466 e. The van der Waals surface area contributed by atoms with Gasteiger partial charge in [-0.15, -0.1) is 46.4 Å². The maximum absolute atomic E-state index is 12.6. The molecule has 0 aromatic carbocycles. The van der Waals surface area contributed by atoms with Crippen LogP contribution in [-0.4, -0.2) is 125 Å². The number of thiophene rings is 3. The van der Waals surface area contributed by atoms with Crippen LogP contribution in [0, 0.1) is 17.8 Å². The predicted octanol–water partition coefficient (Wildman–Crippen LogP) is 15.7. The van der Waals surface area contributed by atoms with Crippen molar-refractivity contribution in [1.29, 1.82) is 0 Å². The summed E-state index contributed by atoms with van der Waals surface area (Å²) < 4.78 is 23.7. The second kappa shape index (κ2) is 43.7. The summed E-state index contributed by atoms with van der Waals surface area (Å²) in [6.07, 6.45) is 20.9. The number of nitrogens with zero attached hydrogens (tertiary/aromatic N) is 11. The van der Waals surface area contributed by atoms with Crippen LogP contribution in [0.15, 0.2) is 116 Å². The average Bonchev–Trinajstić information content (AvgIpc) is 1.64. The van der Waals surface area contributed by atoms with E-state index in [1.165, 1.54) is 92.8 Å². The first-order valence-corrected chi connectivity index (χ1v) is 45.2. The Morgan fingerprint density at radius 2 is 0.913 bits per heavy atom. The molecule has 0 radical (unpaired) electrons. The maximum Gasteiger partial charge on any atom is 0.302 e. The van der Waals surface area contributed by atoms with E-state index in [4.69, 9.17) is 15.2 Å². The molecule has 0 aliphatic rings. The molecule has 0 unspecified atom stereocenters. The van der Waals surface area contributed by atoms with E-state index in [2.05, 4.69) is 135 Å². The Hall–Kier alpha value is -7.62. The third-order valence-corrected chi connectivity index (χ3v) is 34.8. The van der Waals surface area contributed by atoms with Gasteiger partial charge in [-0.3, -0.25) is 19.2 Å². The van der Waals surface area contributed by atoms with E-state index in [9.17, 15) is 28.8 Å². The zero-order valence-electron chi connectivity index (χ0n) is 62.5. The summed E-state index contributed by atoms with van der Waals surface area (Å²) in [6, 6.07) is 13.9. The minimum atomic E-state index is -2.20. The molecule has 0 aliphatic carbocycles. The molecule has 0 aliphatic heterocycles. The molecular weight excluding hydrogens is 1580 g/mol. The Morgan fingerprint density at radius 1 is 0.538 bits per heavy atom. The molecule has 564 valence electrons. The van der Waals surface area contributed by atoms with E-state index < -0.39 is 53.8 Å². The van der Waals surface area contributed by atoms with Gasteiger partial charge in [0.1, 0.15) is 42.8 Å². The Bertz CT molecular complexity index is 4360. The van der Waals surface area contributed by atoms with Crippen molar-refractivity contribution in [3.8, 4) is 20.9 Å². The fraction of sp³-hybridized carbons (Fsp3) is 0.486. The van der Waals surface area contributed by atoms with Gasteiger partial charge in [0.25, 0.3) is 16.7 Å². The summed E-state index contributed by atoms with van der Waals surface area (Å²) in [6.45, 7) is 33.1. The predicted molar refractivity (Wildman–Crippen MR) is 424 cm³/mol. The fourth-order valence-corrected chi connectivity index (χ4v) is 29.1. The number of aromatic nitrogens is 14. The third kappa shape index (κ3) is 29.0. The van der Waals surface area contributed by atoms with Gasteiger partial charge in [-0.1, -0.05) is 41.5 Å². The van der Waals surface area contributed by atoms with Crippen LogP contribution in [0.5, 0.6) is 0 Å². The molecule has 0 spiro atoms. The first kappa shape index (κ1) is 88.8. The van der Waals surface area contributed by atoms with Crippen molar-refractivity contribution < 1.29 is 28.6 Å². The van der Waals surface area contributed by atoms with Gasteiger partial charge in [0, 0.05) is 40.2 Å². The first-order valence-electron chi connectivity index (χ1n) is 34.5. The van der Waals surface area contributed by atoms with Gasteiger partial charge in [0.2, 0.25) is 0 Å². The van der Waals surface area contributed by atoms with Crippen molar-refractivity contribution in [3.05, 3.63) is 150 Å². The molecule has 0 saturated heterocycles. The Morgan fingerprint density at radius 3 is 1.23 bits per heavy atom.